The van der Waals surface area contributed by atoms with Crippen LogP contribution in [0.3, 0.4) is 0 Å². The lowest BCUT2D eigenvalue weighted by molar-refractivity contribution is 0.439. The van der Waals surface area contributed by atoms with Crippen LogP contribution in [0.15, 0.2) is 23.6 Å². The minimum Gasteiger partial charge on any atom is -0.310 e. The van der Waals surface area contributed by atoms with Crippen molar-refractivity contribution in [3.8, 4) is 0 Å². The molecule has 104 valence electrons. The molecule has 2 aromatic rings. The molecule has 0 aliphatic carbocycles. The molecule has 0 aliphatic heterocycles. The molecule has 3 nitrogen and oxygen atoms in total. The first-order valence-electron chi connectivity index (χ1n) is 7.05. The van der Waals surface area contributed by atoms with Gasteiger partial charge in [-0.2, -0.15) is 5.10 Å². The molecule has 1 atom stereocenters. The molecule has 19 heavy (non-hydrogen) atoms. The highest BCUT2D eigenvalue weighted by atomic mass is 32.1. The molecule has 2 rings (SSSR count). The molecule has 0 bridgehead atoms. The van der Waals surface area contributed by atoms with Crippen LogP contribution >= 0.6 is 11.3 Å². The number of thiophene rings is 1. The number of rotatable bonds is 7. The number of aryl methyl sites for hydroxylation is 2. The van der Waals surface area contributed by atoms with Crippen molar-refractivity contribution in [2.24, 2.45) is 0 Å². The molecule has 1 N–H and O–H groups in total. The predicted molar refractivity (Wildman–Crippen MR) is 81.7 cm³/mol. The number of hydrogen-bond acceptors (Lipinski definition) is 3. The summed E-state index contributed by atoms with van der Waals surface area (Å²) in [7, 11) is 0. The van der Waals surface area contributed by atoms with Gasteiger partial charge in [0.1, 0.15) is 0 Å². The van der Waals surface area contributed by atoms with Gasteiger partial charge in [0.25, 0.3) is 0 Å². The van der Waals surface area contributed by atoms with Gasteiger partial charge in [0.2, 0.25) is 0 Å². The Bertz CT molecular complexity index is 487. The van der Waals surface area contributed by atoms with Crippen LogP contribution in [0.5, 0.6) is 0 Å². The van der Waals surface area contributed by atoms with Crippen molar-refractivity contribution in [1.29, 1.82) is 0 Å². The van der Waals surface area contributed by atoms with Crippen LogP contribution in [0.2, 0.25) is 0 Å². The van der Waals surface area contributed by atoms with Gasteiger partial charge in [-0.25, -0.2) is 0 Å². The van der Waals surface area contributed by atoms with E-state index >= 15 is 0 Å². The maximum absolute atomic E-state index is 4.69. The molecule has 0 spiro atoms. The van der Waals surface area contributed by atoms with Crippen molar-refractivity contribution in [1.82, 2.24) is 15.1 Å². The Morgan fingerprint density at radius 1 is 1.37 bits per heavy atom. The van der Waals surface area contributed by atoms with E-state index in [1.807, 2.05) is 0 Å². The molecule has 0 saturated heterocycles. The molecule has 0 radical (unpaired) electrons. The third-order valence-corrected chi connectivity index (χ3v) is 4.20. The molecule has 0 aliphatic rings. The number of nitrogens with zero attached hydrogens (tertiary/aromatic N) is 2. The van der Waals surface area contributed by atoms with Gasteiger partial charge in [-0.15, -0.1) is 11.3 Å². The highest BCUT2D eigenvalue weighted by Crippen LogP contribution is 2.13. The average molecular weight is 277 g/mol. The smallest absolute Gasteiger partial charge is 0.0624 e. The van der Waals surface area contributed by atoms with Gasteiger partial charge in [-0.05, 0) is 37.3 Å². The minimum atomic E-state index is 0.398. The molecule has 4 heteroatoms. The maximum Gasteiger partial charge on any atom is 0.0624 e. The summed E-state index contributed by atoms with van der Waals surface area (Å²) in [4.78, 5) is 1.39. The maximum atomic E-state index is 4.69. The van der Waals surface area contributed by atoms with Gasteiger partial charge < -0.3 is 5.32 Å². The van der Waals surface area contributed by atoms with Crippen LogP contribution < -0.4 is 5.32 Å². The Morgan fingerprint density at radius 3 is 2.84 bits per heavy atom. The number of hydrogen-bond donors (Lipinski definition) is 1. The van der Waals surface area contributed by atoms with Crippen molar-refractivity contribution >= 4 is 11.3 Å². The zero-order valence-electron chi connectivity index (χ0n) is 12.0. The van der Waals surface area contributed by atoms with Crippen LogP contribution in [-0.2, 0) is 19.4 Å². The topological polar surface area (TPSA) is 29.9 Å². The number of aromatic nitrogens is 2. The highest BCUT2D eigenvalue weighted by Gasteiger charge is 2.11. The fourth-order valence-electron chi connectivity index (χ4n) is 2.21. The van der Waals surface area contributed by atoms with Crippen LogP contribution in [-0.4, -0.2) is 16.3 Å². The van der Waals surface area contributed by atoms with E-state index < -0.39 is 0 Å². The summed E-state index contributed by atoms with van der Waals surface area (Å²) in [6.07, 6.45) is 2.05. The van der Waals surface area contributed by atoms with E-state index in [0.717, 1.165) is 25.9 Å². The van der Waals surface area contributed by atoms with E-state index in [1.165, 1.54) is 16.3 Å². The third-order valence-electron chi connectivity index (χ3n) is 3.32. The molecule has 0 aromatic carbocycles. The summed E-state index contributed by atoms with van der Waals surface area (Å²) in [5.41, 5.74) is 2.53. The van der Waals surface area contributed by atoms with Crippen LogP contribution in [0.25, 0.3) is 0 Å². The normalized spacial score (nSPS) is 12.8. The molecule has 0 saturated carbocycles. The SMILES string of the molecule is CCc1cc(CC)n(C(C)CNCc2cccs2)n1. The van der Waals surface area contributed by atoms with E-state index in [2.05, 4.69) is 54.3 Å². The summed E-state index contributed by atoms with van der Waals surface area (Å²) in [6.45, 7) is 8.48. The zero-order chi connectivity index (χ0) is 13.7. The number of nitrogens with one attached hydrogen (secondary N) is 1. The second-order valence-corrected chi connectivity index (χ2v) is 5.87. The molecule has 0 amide bonds. The Labute approximate surface area is 119 Å². The third kappa shape index (κ3) is 3.67. The molecule has 2 aromatic heterocycles. The first-order valence-corrected chi connectivity index (χ1v) is 7.93. The summed E-state index contributed by atoms with van der Waals surface area (Å²) >= 11 is 1.80. The fraction of sp³-hybridized carbons (Fsp3) is 0.533. The van der Waals surface area contributed by atoms with E-state index in [0.29, 0.717) is 6.04 Å². The average Bonchev–Trinajstić information content (AvgIpc) is 3.07. The molecule has 0 fully saturated rings. The molecular weight excluding hydrogens is 254 g/mol. The Kier molecular flexibility index (Phi) is 5.16. The first kappa shape index (κ1) is 14.3. The van der Waals surface area contributed by atoms with Crippen molar-refractivity contribution in [3.63, 3.8) is 0 Å². The van der Waals surface area contributed by atoms with Gasteiger partial charge >= 0.3 is 0 Å². The Balaban J connectivity index is 1.91. The predicted octanol–water partition coefficient (Wildman–Crippen LogP) is 3.42. The van der Waals surface area contributed by atoms with Crippen molar-refractivity contribution in [2.45, 2.75) is 46.2 Å². The van der Waals surface area contributed by atoms with Crippen molar-refractivity contribution in [2.75, 3.05) is 6.54 Å². The van der Waals surface area contributed by atoms with Crippen LogP contribution in [0.4, 0.5) is 0 Å². The minimum absolute atomic E-state index is 0.398. The fourth-order valence-corrected chi connectivity index (χ4v) is 2.89. The largest absolute Gasteiger partial charge is 0.310 e. The van der Waals surface area contributed by atoms with E-state index in [4.69, 9.17) is 5.10 Å². The lowest BCUT2D eigenvalue weighted by Gasteiger charge is -2.15. The van der Waals surface area contributed by atoms with Crippen molar-refractivity contribution < 1.29 is 0 Å². The summed E-state index contributed by atoms with van der Waals surface area (Å²) in [6, 6.07) is 6.90. The molecule has 2 heterocycles. The van der Waals surface area contributed by atoms with Gasteiger partial charge in [0.05, 0.1) is 11.7 Å². The lowest BCUT2D eigenvalue weighted by atomic mass is 10.2. The first-order chi connectivity index (χ1) is 9.24. The van der Waals surface area contributed by atoms with Crippen LogP contribution in [0.1, 0.15) is 43.1 Å². The van der Waals surface area contributed by atoms with Gasteiger partial charge in [-0.3, -0.25) is 4.68 Å². The van der Waals surface area contributed by atoms with E-state index in [1.54, 1.807) is 11.3 Å². The quantitative estimate of drug-likeness (QED) is 0.840. The second kappa shape index (κ2) is 6.87. The van der Waals surface area contributed by atoms with Crippen molar-refractivity contribution in [3.05, 3.63) is 39.8 Å². The molecule has 1 unspecified atom stereocenters. The van der Waals surface area contributed by atoms with Gasteiger partial charge in [0, 0.05) is 23.7 Å². The highest BCUT2D eigenvalue weighted by molar-refractivity contribution is 7.09. The van der Waals surface area contributed by atoms with Gasteiger partial charge in [0.15, 0.2) is 0 Å². The Morgan fingerprint density at radius 2 is 2.21 bits per heavy atom. The lowest BCUT2D eigenvalue weighted by Crippen LogP contribution is -2.24. The second-order valence-electron chi connectivity index (χ2n) is 4.84. The standard InChI is InChI=1S/C15H23N3S/c1-4-13-9-14(5-2)18(17-13)12(3)10-16-11-15-7-6-8-19-15/h6-9,12,16H,4-5,10-11H2,1-3H3. The van der Waals surface area contributed by atoms with E-state index in [9.17, 15) is 0 Å². The van der Waals surface area contributed by atoms with E-state index in [-0.39, 0.29) is 0 Å². The Hall–Kier alpha value is -1.13. The molecular formula is C15H23N3S. The summed E-state index contributed by atoms with van der Waals surface area (Å²) < 4.78 is 2.18. The summed E-state index contributed by atoms with van der Waals surface area (Å²) in [5.74, 6) is 0. The van der Waals surface area contributed by atoms with Crippen LogP contribution in [0, 0.1) is 0 Å². The zero-order valence-corrected chi connectivity index (χ0v) is 12.8. The van der Waals surface area contributed by atoms with Gasteiger partial charge in [-0.1, -0.05) is 19.9 Å². The summed E-state index contributed by atoms with van der Waals surface area (Å²) in [5, 5.41) is 10.3. The monoisotopic (exact) mass is 277 g/mol.